The summed E-state index contributed by atoms with van der Waals surface area (Å²) in [7, 11) is 0. The van der Waals surface area contributed by atoms with Gasteiger partial charge in [0.1, 0.15) is 6.61 Å². The van der Waals surface area contributed by atoms with Gasteiger partial charge in [-0.3, -0.25) is 0 Å². The summed E-state index contributed by atoms with van der Waals surface area (Å²) in [4.78, 5) is 0. The van der Waals surface area contributed by atoms with Crippen molar-refractivity contribution in [2.45, 2.75) is 0 Å². The number of rotatable bonds is 0. The minimum Gasteiger partial charge on any atom is -0.399 e. The van der Waals surface area contributed by atoms with Gasteiger partial charge in [-0.1, -0.05) is 11.8 Å². The fourth-order valence-corrected chi connectivity index (χ4v) is 0.754. The van der Waals surface area contributed by atoms with Crippen molar-refractivity contribution < 1.29 is 5.11 Å². The van der Waals surface area contributed by atoms with E-state index in [1.807, 2.05) is 12.1 Å². The highest BCUT2D eigenvalue weighted by Gasteiger charge is 1.84. The van der Waals surface area contributed by atoms with Crippen molar-refractivity contribution in [3.8, 4) is 23.7 Å². The number of nitrogens with two attached hydrogens (primary N) is 1. The third-order valence-corrected chi connectivity index (χ3v) is 1.35. The minimum atomic E-state index is -0.156. The molecule has 1 aromatic rings. The lowest BCUT2D eigenvalue weighted by molar-refractivity contribution is 0.350. The molecule has 0 heterocycles. The van der Waals surface area contributed by atoms with Crippen molar-refractivity contribution in [1.82, 2.24) is 0 Å². The molecular weight excluding hydrogens is 162 g/mol. The number of hydrogen-bond donors (Lipinski definition) is 2. The minimum absolute atomic E-state index is 0.156. The third-order valence-electron chi connectivity index (χ3n) is 1.35. The van der Waals surface area contributed by atoms with Crippen LogP contribution in [0.2, 0.25) is 0 Å². The number of nitrogen functional groups attached to an aromatic ring is 1. The Morgan fingerprint density at radius 3 is 2.46 bits per heavy atom. The van der Waals surface area contributed by atoms with Gasteiger partial charge >= 0.3 is 0 Å². The highest BCUT2D eigenvalue weighted by Crippen LogP contribution is 2.03. The van der Waals surface area contributed by atoms with Gasteiger partial charge in [0.2, 0.25) is 0 Å². The Labute approximate surface area is 77.4 Å². The topological polar surface area (TPSA) is 46.2 Å². The lowest BCUT2D eigenvalue weighted by Crippen LogP contribution is -1.82. The quantitative estimate of drug-likeness (QED) is 0.444. The van der Waals surface area contributed by atoms with Crippen LogP contribution < -0.4 is 5.73 Å². The number of aliphatic hydroxyl groups is 1. The van der Waals surface area contributed by atoms with Gasteiger partial charge in [-0.05, 0) is 36.1 Å². The first-order valence-electron chi connectivity index (χ1n) is 3.78. The SMILES string of the molecule is Nc1ccc(C#CC#CCO)cc1. The molecule has 0 radical (unpaired) electrons. The molecule has 0 saturated heterocycles. The summed E-state index contributed by atoms with van der Waals surface area (Å²) in [5, 5.41) is 8.34. The van der Waals surface area contributed by atoms with E-state index < -0.39 is 0 Å². The van der Waals surface area contributed by atoms with Crippen LogP contribution in [0.4, 0.5) is 5.69 Å². The molecule has 0 saturated carbocycles. The summed E-state index contributed by atoms with van der Waals surface area (Å²) < 4.78 is 0. The highest BCUT2D eigenvalue weighted by atomic mass is 16.2. The molecule has 0 aromatic heterocycles. The van der Waals surface area contributed by atoms with Crippen molar-refractivity contribution in [3.05, 3.63) is 29.8 Å². The maximum Gasteiger partial charge on any atom is 0.105 e. The zero-order chi connectivity index (χ0) is 9.52. The van der Waals surface area contributed by atoms with Crippen LogP contribution in [0.25, 0.3) is 0 Å². The van der Waals surface area contributed by atoms with Gasteiger partial charge in [0.05, 0.1) is 0 Å². The zero-order valence-corrected chi connectivity index (χ0v) is 7.04. The Morgan fingerprint density at radius 1 is 1.15 bits per heavy atom. The van der Waals surface area contributed by atoms with Crippen LogP contribution in [0.15, 0.2) is 24.3 Å². The first-order valence-corrected chi connectivity index (χ1v) is 3.78. The largest absolute Gasteiger partial charge is 0.399 e. The van der Waals surface area contributed by atoms with Crippen molar-refractivity contribution in [2.75, 3.05) is 12.3 Å². The smallest absolute Gasteiger partial charge is 0.105 e. The zero-order valence-electron chi connectivity index (χ0n) is 7.04. The average Bonchev–Trinajstić information content (AvgIpc) is 2.15. The molecular formula is C11H9NO. The van der Waals surface area contributed by atoms with E-state index in [1.165, 1.54) is 0 Å². The van der Waals surface area contributed by atoms with Gasteiger partial charge in [0, 0.05) is 11.3 Å². The molecule has 0 aliphatic heterocycles. The molecule has 13 heavy (non-hydrogen) atoms. The summed E-state index contributed by atoms with van der Waals surface area (Å²) >= 11 is 0. The van der Waals surface area contributed by atoms with Crippen molar-refractivity contribution in [1.29, 1.82) is 0 Å². The second-order valence-corrected chi connectivity index (χ2v) is 2.33. The Bertz CT molecular complexity index is 384. The summed E-state index contributed by atoms with van der Waals surface area (Å²) in [6.07, 6.45) is 0. The van der Waals surface area contributed by atoms with Gasteiger partial charge in [-0.15, -0.1) is 0 Å². The van der Waals surface area contributed by atoms with Gasteiger partial charge in [0.25, 0.3) is 0 Å². The summed E-state index contributed by atoms with van der Waals surface area (Å²) in [5.41, 5.74) is 7.07. The summed E-state index contributed by atoms with van der Waals surface area (Å²) in [6, 6.07) is 7.21. The molecule has 64 valence electrons. The predicted octanol–water partition coefficient (Wildman–Crippen LogP) is 0.616. The Hall–Kier alpha value is -1.90. The molecule has 0 aliphatic carbocycles. The van der Waals surface area contributed by atoms with E-state index in [4.69, 9.17) is 10.8 Å². The fraction of sp³-hybridized carbons (Fsp3) is 0.0909. The van der Waals surface area contributed by atoms with E-state index in [2.05, 4.69) is 23.7 Å². The normalized spacial score (nSPS) is 7.77. The number of aliphatic hydroxyl groups excluding tert-OH is 1. The van der Waals surface area contributed by atoms with Gasteiger partial charge in [-0.25, -0.2) is 0 Å². The van der Waals surface area contributed by atoms with Crippen LogP contribution in [0.3, 0.4) is 0 Å². The van der Waals surface area contributed by atoms with E-state index in [0.717, 1.165) is 5.56 Å². The monoisotopic (exact) mass is 171 g/mol. The van der Waals surface area contributed by atoms with E-state index in [1.54, 1.807) is 12.1 Å². The second kappa shape index (κ2) is 4.87. The average molecular weight is 171 g/mol. The first kappa shape index (κ1) is 9.19. The van der Waals surface area contributed by atoms with Gasteiger partial charge in [-0.2, -0.15) is 0 Å². The second-order valence-electron chi connectivity index (χ2n) is 2.33. The van der Waals surface area contributed by atoms with Gasteiger partial charge < -0.3 is 10.8 Å². The Kier molecular flexibility index (Phi) is 3.45. The summed E-state index contributed by atoms with van der Waals surface area (Å²) in [5.74, 6) is 10.4. The molecule has 0 spiro atoms. The van der Waals surface area contributed by atoms with E-state index in [-0.39, 0.29) is 6.61 Å². The molecule has 2 nitrogen and oxygen atoms in total. The van der Waals surface area contributed by atoms with E-state index >= 15 is 0 Å². The molecule has 0 unspecified atom stereocenters. The number of anilines is 1. The van der Waals surface area contributed by atoms with Crippen molar-refractivity contribution in [2.24, 2.45) is 0 Å². The molecule has 1 aromatic carbocycles. The Balaban J connectivity index is 2.72. The molecule has 0 atom stereocenters. The van der Waals surface area contributed by atoms with Crippen LogP contribution in [0, 0.1) is 23.7 Å². The molecule has 0 aliphatic rings. The number of benzene rings is 1. The van der Waals surface area contributed by atoms with Crippen molar-refractivity contribution >= 4 is 5.69 Å². The molecule has 0 bridgehead atoms. The first-order chi connectivity index (χ1) is 6.33. The molecule has 0 amide bonds. The molecule has 3 N–H and O–H groups in total. The lowest BCUT2D eigenvalue weighted by Gasteiger charge is -1.90. The van der Waals surface area contributed by atoms with Crippen LogP contribution >= 0.6 is 0 Å². The van der Waals surface area contributed by atoms with Gasteiger partial charge in [0.15, 0.2) is 0 Å². The van der Waals surface area contributed by atoms with E-state index in [9.17, 15) is 0 Å². The predicted molar refractivity (Wildman–Crippen MR) is 52.6 cm³/mol. The Morgan fingerprint density at radius 2 is 1.85 bits per heavy atom. The van der Waals surface area contributed by atoms with E-state index in [0.29, 0.717) is 5.69 Å². The maximum atomic E-state index is 8.34. The molecule has 2 heteroatoms. The standard InChI is InChI=1S/C11H9NO/c12-11-7-5-10(6-8-11)4-2-1-3-9-13/h5-8,13H,9,12H2. The van der Waals surface area contributed by atoms with Crippen LogP contribution in [0.5, 0.6) is 0 Å². The maximum absolute atomic E-state index is 8.34. The fourth-order valence-electron chi connectivity index (χ4n) is 0.754. The van der Waals surface area contributed by atoms with Crippen LogP contribution in [0.1, 0.15) is 5.56 Å². The molecule has 0 fully saturated rings. The third kappa shape index (κ3) is 3.33. The number of hydrogen-bond acceptors (Lipinski definition) is 2. The summed E-state index contributed by atoms with van der Waals surface area (Å²) in [6.45, 7) is -0.156. The van der Waals surface area contributed by atoms with Crippen LogP contribution in [-0.4, -0.2) is 11.7 Å². The van der Waals surface area contributed by atoms with Crippen molar-refractivity contribution in [3.63, 3.8) is 0 Å². The highest BCUT2D eigenvalue weighted by molar-refractivity contribution is 5.46. The molecule has 1 rings (SSSR count). The van der Waals surface area contributed by atoms with Crippen LogP contribution in [-0.2, 0) is 0 Å². The lowest BCUT2D eigenvalue weighted by atomic mass is 10.2.